The van der Waals surface area contributed by atoms with E-state index >= 15 is 0 Å². The Hall–Kier alpha value is -1.10. The molecule has 4 nitrogen and oxygen atoms in total. The van der Waals surface area contributed by atoms with Gasteiger partial charge < -0.3 is 4.90 Å². The fourth-order valence-electron chi connectivity index (χ4n) is 1.78. The maximum Gasteiger partial charge on any atom is 0.230 e. The molecular formula is C13H13Cl3N4. The lowest BCUT2D eigenvalue weighted by Gasteiger charge is -2.18. The standard InChI is InChI=1S/C13H13Cl3N4/c1-3-20(4-2)13-18-11(17-12(16)19-13)8-6-5-7-9(14)10(8)15/h5-7H,3-4H2,1-2H3. The molecule has 0 aliphatic rings. The summed E-state index contributed by atoms with van der Waals surface area (Å²) >= 11 is 18.2. The molecule has 0 radical (unpaired) electrons. The van der Waals surface area contributed by atoms with Gasteiger partial charge in [0.05, 0.1) is 10.0 Å². The van der Waals surface area contributed by atoms with Crippen molar-refractivity contribution in [2.45, 2.75) is 13.8 Å². The van der Waals surface area contributed by atoms with Crippen molar-refractivity contribution in [3.8, 4) is 11.4 Å². The molecule has 1 aromatic carbocycles. The van der Waals surface area contributed by atoms with E-state index in [1.165, 1.54) is 0 Å². The van der Waals surface area contributed by atoms with Gasteiger partial charge in [-0.15, -0.1) is 0 Å². The van der Waals surface area contributed by atoms with Gasteiger partial charge in [0.15, 0.2) is 5.82 Å². The topological polar surface area (TPSA) is 41.9 Å². The van der Waals surface area contributed by atoms with Gasteiger partial charge in [0.2, 0.25) is 11.2 Å². The largest absolute Gasteiger partial charge is 0.341 e. The van der Waals surface area contributed by atoms with Gasteiger partial charge >= 0.3 is 0 Å². The Bertz CT molecular complexity index is 615. The van der Waals surface area contributed by atoms with Crippen LogP contribution in [-0.2, 0) is 0 Å². The number of hydrogen-bond acceptors (Lipinski definition) is 4. The van der Waals surface area contributed by atoms with E-state index < -0.39 is 0 Å². The molecule has 0 atom stereocenters. The van der Waals surface area contributed by atoms with Crippen molar-refractivity contribution in [2.75, 3.05) is 18.0 Å². The summed E-state index contributed by atoms with van der Waals surface area (Å²) in [5, 5.41) is 0.986. The second kappa shape index (κ2) is 6.57. The van der Waals surface area contributed by atoms with Crippen LogP contribution in [0.4, 0.5) is 5.95 Å². The van der Waals surface area contributed by atoms with Gasteiger partial charge in [0, 0.05) is 18.7 Å². The van der Waals surface area contributed by atoms with Gasteiger partial charge in [-0.05, 0) is 37.6 Å². The quantitative estimate of drug-likeness (QED) is 0.835. The van der Waals surface area contributed by atoms with E-state index in [4.69, 9.17) is 34.8 Å². The summed E-state index contributed by atoms with van der Waals surface area (Å²) < 4.78 is 0. The third-order valence-corrected chi connectivity index (χ3v) is 3.82. The predicted octanol–water partition coefficient (Wildman–Crippen LogP) is 4.35. The van der Waals surface area contributed by atoms with Gasteiger partial charge in [-0.25, -0.2) is 0 Å². The average molecular weight is 332 g/mol. The number of aromatic nitrogens is 3. The summed E-state index contributed by atoms with van der Waals surface area (Å²) in [5.41, 5.74) is 0.636. The first-order chi connectivity index (χ1) is 9.56. The molecule has 0 aliphatic carbocycles. The van der Waals surface area contributed by atoms with Crippen LogP contribution in [-0.4, -0.2) is 28.0 Å². The monoisotopic (exact) mass is 330 g/mol. The zero-order chi connectivity index (χ0) is 14.7. The van der Waals surface area contributed by atoms with Crippen LogP contribution < -0.4 is 4.90 Å². The maximum atomic E-state index is 6.19. The first-order valence-electron chi connectivity index (χ1n) is 6.17. The lowest BCUT2D eigenvalue weighted by atomic mass is 10.2. The number of nitrogens with zero attached hydrogens (tertiary/aromatic N) is 4. The molecule has 0 N–H and O–H groups in total. The molecule has 0 spiro atoms. The average Bonchev–Trinajstić information content (AvgIpc) is 2.42. The molecule has 106 valence electrons. The minimum absolute atomic E-state index is 0.132. The Morgan fingerprint density at radius 3 is 2.35 bits per heavy atom. The fourth-order valence-corrected chi connectivity index (χ4v) is 2.33. The second-order valence-electron chi connectivity index (χ2n) is 4.00. The zero-order valence-corrected chi connectivity index (χ0v) is 13.3. The first kappa shape index (κ1) is 15.3. The molecule has 7 heteroatoms. The van der Waals surface area contributed by atoms with E-state index in [-0.39, 0.29) is 5.28 Å². The third kappa shape index (κ3) is 3.14. The molecule has 2 aromatic rings. The van der Waals surface area contributed by atoms with Crippen LogP contribution in [0.5, 0.6) is 0 Å². The van der Waals surface area contributed by atoms with Crippen LogP contribution in [0.15, 0.2) is 18.2 Å². The lowest BCUT2D eigenvalue weighted by molar-refractivity contribution is 0.813. The third-order valence-electron chi connectivity index (χ3n) is 2.84. The van der Waals surface area contributed by atoms with E-state index in [0.29, 0.717) is 27.4 Å². The maximum absolute atomic E-state index is 6.19. The molecule has 0 saturated heterocycles. The number of rotatable bonds is 4. The Kier molecular flexibility index (Phi) is 5.02. The summed E-state index contributed by atoms with van der Waals surface area (Å²) in [5.74, 6) is 0.945. The zero-order valence-electron chi connectivity index (χ0n) is 11.1. The Balaban J connectivity index is 2.55. The minimum Gasteiger partial charge on any atom is -0.341 e. The molecule has 0 amide bonds. The van der Waals surface area contributed by atoms with Gasteiger partial charge in [0.25, 0.3) is 0 Å². The first-order valence-corrected chi connectivity index (χ1v) is 7.31. The van der Waals surface area contributed by atoms with Crippen LogP contribution in [0, 0.1) is 0 Å². The van der Waals surface area contributed by atoms with E-state index in [1.807, 2.05) is 18.7 Å². The lowest BCUT2D eigenvalue weighted by Crippen LogP contribution is -2.24. The molecule has 0 unspecified atom stereocenters. The van der Waals surface area contributed by atoms with Crippen molar-refractivity contribution in [1.82, 2.24) is 15.0 Å². The molecular weight excluding hydrogens is 319 g/mol. The van der Waals surface area contributed by atoms with E-state index in [1.54, 1.807) is 18.2 Å². The van der Waals surface area contributed by atoms with Gasteiger partial charge in [-0.2, -0.15) is 15.0 Å². The van der Waals surface area contributed by atoms with E-state index in [0.717, 1.165) is 13.1 Å². The molecule has 20 heavy (non-hydrogen) atoms. The summed E-state index contributed by atoms with van der Waals surface area (Å²) in [6, 6.07) is 5.30. The number of halogens is 3. The summed E-state index contributed by atoms with van der Waals surface area (Å²) in [7, 11) is 0. The van der Waals surface area contributed by atoms with Crippen molar-refractivity contribution < 1.29 is 0 Å². The number of benzene rings is 1. The highest BCUT2D eigenvalue weighted by Crippen LogP contribution is 2.32. The van der Waals surface area contributed by atoms with Crippen LogP contribution in [0.2, 0.25) is 15.3 Å². The second-order valence-corrected chi connectivity index (χ2v) is 5.12. The van der Waals surface area contributed by atoms with Crippen molar-refractivity contribution in [3.05, 3.63) is 33.5 Å². The number of anilines is 1. The Morgan fingerprint density at radius 2 is 1.70 bits per heavy atom. The van der Waals surface area contributed by atoms with Crippen molar-refractivity contribution in [3.63, 3.8) is 0 Å². The summed E-state index contributed by atoms with van der Waals surface area (Å²) in [6.45, 7) is 5.60. The molecule has 1 aromatic heterocycles. The molecule has 1 heterocycles. The van der Waals surface area contributed by atoms with Crippen molar-refractivity contribution >= 4 is 40.8 Å². The van der Waals surface area contributed by atoms with E-state index in [9.17, 15) is 0 Å². The van der Waals surface area contributed by atoms with Gasteiger partial charge in [0.1, 0.15) is 0 Å². The summed E-state index contributed by atoms with van der Waals surface area (Å²) in [6.07, 6.45) is 0. The highest BCUT2D eigenvalue weighted by atomic mass is 35.5. The molecule has 0 saturated carbocycles. The Labute approximate surface area is 132 Å². The SMILES string of the molecule is CCN(CC)c1nc(Cl)nc(-c2cccc(Cl)c2Cl)n1. The van der Waals surface area contributed by atoms with Gasteiger partial charge in [-0.1, -0.05) is 29.3 Å². The predicted molar refractivity (Wildman–Crippen MR) is 83.9 cm³/mol. The molecule has 0 fully saturated rings. The van der Waals surface area contributed by atoms with Crippen LogP contribution in [0.1, 0.15) is 13.8 Å². The fraction of sp³-hybridized carbons (Fsp3) is 0.308. The van der Waals surface area contributed by atoms with Crippen molar-refractivity contribution in [1.29, 1.82) is 0 Å². The Morgan fingerprint density at radius 1 is 1.00 bits per heavy atom. The van der Waals surface area contributed by atoms with Crippen LogP contribution in [0.3, 0.4) is 0 Å². The van der Waals surface area contributed by atoms with E-state index in [2.05, 4.69) is 15.0 Å². The van der Waals surface area contributed by atoms with Crippen molar-refractivity contribution in [2.24, 2.45) is 0 Å². The molecule has 2 rings (SSSR count). The highest BCUT2D eigenvalue weighted by Gasteiger charge is 2.14. The van der Waals surface area contributed by atoms with Crippen LogP contribution >= 0.6 is 34.8 Å². The highest BCUT2D eigenvalue weighted by molar-refractivity contribution is 6.43. The summed E-state index contributed by atoms with van der Waals surface area (Å²) in [4.78, 5) is 14.7. The van der Waals surface area contributed by atoms with Gasteiger partial charge in [-0.3, -0.25) is 0 Å². The molecule has 0 bridgehead atoms. The smallest absolute Gasteiger partial charge is 0.230 e. The normalized spacial score (nSPS) is 10.7. The molecule has 0 aliphatic heterocycles. The van der Waals surface area contributed by atoms with Crippen LogP contribution in [0.25, 0.3) is 11.4 Å². The number of hydrogen-bond donors (Lipinski definition) is 0. The minimum atomic E-state index is 0.132.